The molecule has 19 heavy (non-hydrogen) atoms. The van der Waals surface area contributed by atoms with E-state index in [1.165, 1.54) is 0 Å². The standard InChI is InChI=1S/C9H10ClF4N3OS/c10-5-6(8(11)12)16-17(7(5)9(13)14)3-4(18)15-1-2-19/h8-9,19H,1-3H2,(H,15,18). The summed E-state index contributed by atoms with van der Waals surface area (Å²) in [5.74, 6) is -0.286. The first kappa shape index (κ1) is 16.1. The van der Waals surface area contributed by atoms with Gasteiger partial charge in [0, 0.05) is 12.3 Å². The molecule has 0 fully saturated rings. The summed E-state index contributed by atoms with van der Waals surface area (Å²) in [4.78, 5) is 11.4. The quantitative estimate of drug-likeness (QED) is 0.625. The van der Waals surface area contributed by atoms with Crippen molar-refractivity contribution in [2.45, 2.75) is 19.4 Å². The van der Waals surface area contributed by atoms with E-state index in [0.29, 0.717) is 10.4 Å². The number of rotatable bonds is 6. The fourth-order valence-electron chi connectivity index (χ4n) is 1.33. The van der Waals surface area contributed by atoms with Crippen LogP contribution in [0.5, 0.6) is 0 Å². The number of thiol groups is 1. The molecule has 0 aliphatic rings. The van der Waals surface area contributed by atoms with E-state index in [1.54, 1.807) is 0 Å². The normalized spacial score (nSPS) is 11.4. The van der Waals surface area contributed by atoms with Gasteiger partial charge in [-0.3, -0.25) is 9.48 Å². The van der Waals surface area contributed by atoms with Gasteiger partial charge in [-0.05, 0) is 0 Å². The molecule has 0 bridgehead atoms. The van der Waals surface area contributed by atoms with Crippen molar-refractivity contribution in [3.63, 3.8) is 0 Å². The Morgan fingerprint density at radius 2 is 2.00 bits per heavy atom. The van der Waals surface area contributed by atoms with Gasteiger partial charge in [-0.25, -0.2) is 17.6 Å². The van der Waals surface area contributed by atoms with Gasteiger partial charge in [0.05, 0.1) is 5.02 Å². The van der Waals surface area contributed by atoms with Gasteiger partial charge in [-0.15, -0.1) is 0 Å². The number of carbonyl (C=O) groups is 1. The number of nitrogens with one attached hydrogen (secondary N) is 1. The van der Waals surface area contributed by atoms with Crippen LogP contribution in [0, 0.1) is 0 Å². The van der Waals surface area contributed by atoms with Crippen molar-refractivity contribution >= 4 is 30.1 Å². The van der Waals surface area contributed by atoms with Crippen molar-refractivity contribution in [1.29, 1.82) is 0 Å². The topological polar surface area (TPSA) is 46.9 Å². The van der Waals surface area contributed by atoms with Crippen LogP contribution in [0.2, 0.25) is 5.02 Å². The molecule has 108 valence electrons. The summed E-state index contributed by atoms with van der Waals surface area (Å²) >= 11 is 9.26. The summed E-state index contributed by atoms with van der Waals surface area (Å²) in [5, 5.41) is 4.79. The highest BCUT2D eigenvalue weighted by Crippen LogP contribution is 2.34. The lowest BCUT2D eigenvalue weighted by Gasteiger charge is -2.07. The van der Waals surface area contributed by atoms with Crippen LogP contribution in [-0.2, 0) is 11.3 Å². The fraction of sp³-hybridized carbons (Fsp3) is 0.556. The number of carbonyl (C=O) groups excluding carboxylic acids is 1. The first-order valence-electron chi connectivity index (χ1n) is 5.08. The van der Waals surface area contributed by atoms with Crippen LogP contribution in [0.4, 0.5) is 17.6 Å². The molecule has 1 heterocycles. The fourth-order valence-corrected chi connectivity index (χ4v) is 1.74. The minimum Gasteiger partial charge on any atom is -0.354 e. The minimum atomic E-state index is -3.11. The maximum atomic E-state index is 12.7. The van der Waals surface area contributed by atoms with Crippen molar-refractivity contribution in [1.82, 2.24) is 15.1 Å². The van der Waals surface area contributed by atoms with Crippen LogP contribution in [0.1, 0.15) is 24.2 Å². The second-order valence-corrected chi connectivity index (χ2v) is 4.24. The molecule has 10 heteroatoms. The highest BCUT2D eigenvalue weighted by atomic mass is 35.5. The summed E-state index contributed by atoms with van der Waals surface area (Å²) in [5.41, 5.74) is -1.85. The largest absolute Gasteiger partial charge is 0.354 e. The zero-order chi connectivity index (χ0) is 14.6. The highest BCUT2D eigenvalue weighted by molar-refractivity contribution is 7.80. The number of halogens is 5. The van der Waals surface area contributed by atoms with Crippen LogP contribution >= 0.6 is 24.2 Å². The summed E-state index contributed by atoms with van der Waals surface area (Å²) in [6.07, 6.45) is -6.20. The Morgan fingerprint density at radius 3 is 2.47 bits per heavy atom. The van der Waals surface area contributed by atoms with E-state index in [9.17, 15) is 22.4 Å². The van der Waals surface area contributed by atoms with Crippen molar-refractivity contribution in [3.05, 3.63) is 16.4 Å². The van der Waals surface area contributed by atoms with Crippen LogP contribution < -0.4 is 5.32 Å². The predicted octanol–water partition coefficient (Wildman–Crippen LogP) is 2.46. The molecule has 0 aliphatic heterocycles. The summed E-state index contributed by atoms with van der Waals surface area (Å²) in [7, 11) is 0. The lowest BCUT2D eigenvalue weighted by molar-refractivity contribution is -0.121. The molecular weight excluding hydrogens is 310 g/mol. The summed E-state index contributed by atoms with van der Waals surface area (Å²) in [6, 6.07) is 0. The first-order valence-corrected chi connectivity index (χ1v) is 6.09. The third kappa shape index (κ3) is 4.00. The molecule has 1 rings (SSSR count). The van der Waals surface area contributed by atoms with Crippen LogP contribution in [0.3, 0.4) is 0 Å². The summed E-state index contributed by atoms with van der Waals surface area (Å²) < 4.78 is 51.0. The molecule has 1 N–H and O–H groups in total. The molecule has 0 atom stereocenters. The van der Waals surface area contributed by atoms with Crippen LogP contribution in [0.15, 0.2) is 0 Å². The van der Waals surface area contributed by atoms with Crippen molar-refractivity contribution in [3.8, 4) is 0 Å². The Balaban J connectivity index is 2.99. The number of alkyl halides is 4. The van der Waals surface area contributed by atoms with Crippen molar-refractivity contribution < 1.29 is 22.4 Å². The molecule has 0 radical (unpaired) electrons. The SMILES string of the molecule is O=C(Cn1nc(C(F)F)c(Cl)c1C(F)F)NCCS. The van der Waals surface area contributed by atoms with Gasteiger partial charge in [0.1, 0.15) is 17.9 Å². The first-order chi connectivity index (χ1) is 8.88. The maximum Gasteiger partial charge on any atom is 0.283 e. The zero-order valence-corrected chi connectivity index (χ0v) is 11.1. The maximum absolute atomic E-state index is 12.7. The molecule has 0 aliphatic carbocycles. The van der Waals surface area contributed by atoms with E-state index in [0.717, 1.165) is 0 Å². The molecule has 1 aromatic heterocycles. The van der Waals surface area contributed by atoms with E-state index in [1.807, 2.05) is 0 Å². The number of nitrogens with zero attached hydrogens (tertiary/aromatic N) is 2. The average molecular weight is 320 g/mol. The molecule has 0 spiro atoms. The number of amides is 1. The molecule has 1 aromatic rings. The Hall–Kier alpha value is -0.960. The molecule has 0 saturated carbocycles. The summed E-state index contributed by atoms with van der Waals surface area (Å²) in [6.45, 7) is -0.386. The highest BCUT2D eigenvalue weighted by Gasteiger charge is 2.28. The van der Waals surface area contributed by atoms with E-state index in [2.05, 4.69) is 23.0 Å². The van der Waals surface area contributed by atoms with Gasteiger partial charge in [-0.2, -0.15) is 17.7 Å². The Kier molecular flexibility index (Phi) is 5.92. The van der Waals surface area contributed by atoms with Crippen molar-refractivity contribution in [2.24, 2.45) is 0 Å². The third-order valence-corrected chi connectivity index (χ3v) is 2.71. The molecule has 4 nitrogen and oxygen atoms in total. The van der Waals surface area contributed by atoms with E-state index >= 15 is 0 Å². The second-order valence-electron chi connectivity index (χ2n) is 3.42. The number of hydrogen-bond acceptors (Lipinski definition) is 3. The molecule has 1 amide bonds. The average Bonchev–Trinajstić information content (AvgIpc) is 2.63. The second kappa shape index (κ2) is 6.99. The minimum absolute atomic E-state index is 0.225. The Bertz CT molecular complexity index is 455. The molecule has 0 saturated heterocycles. The van der Waals surface area contributed by atoms with E-state index in [-0.39, 0.29) is 6.54 Å². The number of aromatic nitrogens is 2. The third-order valence-electron chi connectivity index (χ3n) is 2.10. The van der Waals surface area contributed by atoms with E-state index in [4.69, 9.17) is 11.6 Å². The number of hydrogen-bond donors (Lipinski definition) is 2. The molecular formula is C9H10ClF4N3OS. The molecule has 0 unspecified atom stereocenters. The zero-order valence-electron chi connectivity index (χ0n) is 9.42. The van der Waals surface area contributed by atoms with E-state index < -0.39 is 41.7 Å². The van der Waals surface area contributed by atoms with Gasteiger partial charge in [0.2, 0.25) is 5.91 Å². The lowest BCUT2D eigenvalue weighted by atomic mass is 10.3. The Morgan fingerprint density at radius 1 is 1.37 bits per heavy atom. The lowest BCUT2D eigenvalue weighted by Crippen LogP contribution is -2.30. The van der Waals surface area contributed by atoms with Gasteiger partial charge in [0.15, 0.2) is 0 Å². The Labute approximate surface area is 116 Å². The van der Waals surface area contributed by atoms with Gasteiger partial charge >= 0.3 is 0 Å². The van der Waals surface area contributed by atoms with Gasteiger partial charge in [0.25, 0.3) is 12.9 Å². The van der Waals surface area contributed by atoms with Crippen molar-refractivity contribution in [2.75, 3.05) is 12.3 Å². The smallest absolute Gasteiger partial charge is 0.283 e. The van der Waals surface area contributed by atoms with Crippen LogP contribution in [-0.4, -0.2) is 28.0 Å². The molecule has 0 aromatic carbocycles. The predicted molar refractivity (Wildman–Crippen MR) is 64.0 cm³/mol. The van der Waals surface area contributed by atoms with Crippen LogP contribution in [0.25, 0.3) is 0 Å². The monoisotopic (exact) mass is 319 g/mol. The van der Waals surface area contributed by atoms with Gasteiger partial charge in [-0.1, -0.05) is 11.6 Å². The van der Waals surface area contributed by atoms with Gasteiger partial charge < -0.3 is 5.32 Å².